The van der Waals surface area contributed by atoms with Gasteiger partial charge in [0.05, 0.1) is 25.4 Å². The highest BCUT2D eigenvalue weighted by atomic mass is 16.7. The number of rotatable bonds is 36. The lowest BCUT2D eigenvalue weighted by atomic mass is 9.97. The number of nitrogens with zero attached hydrogens (tertiary/aromatic N) is 1. The highest BCUT2D eigenvalue weighted by molar-refractivity contribution is 5.76. The molecule has 1 fully saturated rings. The van der Waals surface area contributed by atoms with Gasteiger partial charge in [0.2, 0.25) is 5.91 Å². The van der Waals surface area contributed by atoms with Crippen molar-refractivity contribution in [3.05, 3.63) is 0 Å². The van der Waals surface area contributed by atoms with Crippen LogP contribution in [0.2, 0.25) is 0 Å². The van der Waals surface area contributed by atoms with Gasteiger partial charge < -0.3 is 45.0 Å². The zero-order valence-electron chi connectivity index (χ0n) is 34.4. The Bertz CT molecular complexity index is 834. The molecule has 1 saturated heterocycles. The molecule has 1 aliphatic heterocycles. The molecule has 53 heavy (non-hydrogen) atoms. The number of ether oxygens (including phenoxy) is 2. The van der Waals surface area contributed by atoms with E-state index in [-0.39, 0.29) is 12.5 Å². The Morgan fingerprint density at radius 1 is 0.604 bits per heavy atom. The highest BCUT2D eigenvalue weighted by Gasteiger charge is 2.45. The van der Waals surface area contributed by atoms with Gasteiger partial charge in [0, 0.05) is 13.5 Å². The number of carbonyl (C=O) groups excluding carboxylic acids is 1. The van der Waals surface area contributed by atoms with E-state index in [1.807, 2.05) is 0 Å². The Labute approximate surface area is 324 Å². The van der Waals surface area contributed by atoms with Gasteiger partial charge in [-0.25, -0.2) is 0 Å². The predicted octanol–water partition coefficient (Wildman–Crippen LogP) is 7.70. The summed E-state index contributed by atoms with van der Waals surface area (Å²) in [5, 5.41) is 62.7. The van der Waals surface area contributed by atoms with E-state index in [2.05, 4.69) is 13.8 Å². The number of amides is 1. The molecule has 0 bridgehead atoms. The summed E-state index contributed by atoms with van der Waals surface area (Å²) in [7, 11) is 1.59. The summed E-state index contributed by atoms with van der Waals surface area (Å²) in [6.45, 7) is 3.63. The van der Waals surface area contributed by atoms with Crippen LogP contribution in [0.25, 0.3) is 0 Å². The summed E-state index contributed by atoms with van der Waals surface area (Å²) in [5.41, 5.74) is 0. The monoisotopic (exact) mass is 760 g/mol. The van der Waals surface area contributed by atoms with Crippen molar-refractivity contribution in [1.29, 1.82) is 0 Å². The van der Waals surface area contributed by atoms with Crippen molar-refractivity contribution in [2.24, 2.45) is 0 Å². The van der Waals surface area contributed by atoms with Crippen LogP contribution in [0.5, 0.6) is 0 Å². The van der Waals surface area contributed by atoms with Crippen molar-refractivity contribution in [3.8, 4) is 0 Å². The molecule has 0 spiro atoms. The first-order chi connectivity index (χ1) is 25.7. The van der Waals surface area contributed by atoms with Crippen molar-refractivity contribution in [2.45, 2.75) is 249 Å². The first-order valence-electron chi connectivity index (χ1n) is 22.2. The van der Waals surface area contributed by atoms with Gasteiger partial charge >= 0.3 is 0 Å². The fraction of sp³-hybridized carbons (Fsp3) is 0.977. The molecule has 8 atom stereocenters. The van der Waals surface area contributed by atoms with E-state index in [9.17, 15) is 35.4 Å². The van der Waals surface area contributed by atoms with E-state index in [4.69, 9.17) is 9.47 Å². The largest absolute Gasteiger partial charge is 0.394 e. The van der Waals surface area contributed by atoms with Crippen LogP contribution >= 0.6 is 0 Å². The van der Waals surface area contributed by atoms with E-state index in [1.54, 1.807) is 7.05 Å². The molecule has 0 aromatic carbocycles. The lowest BCUT2D eigenvalue weighted by Crippen LogP contribution is -2.60. The summed E-state index contributed by atoms with van der Waals surface area (Å²) in [6.07, 6.45) is 24.0. The minimum absolute atomic E-state index is 0.168. The maximum absolute atomic E-state index is 13.3. The molecule has 1 heterocycles. The van der Waals surface area contributed by atoms with Crippen LogP contribution in [-0.4, -0.2) is 111 Å². The molecule has 10 nitrogen and oxygen atoms in total. The molecule has 0 aliphatic carbocycles. The van der Waals surface area contributed by atoms with Crippen molar-refractivity contribution in [3.63, 3.8) is 0 Å². The van der Waals surface area contributed by atoms with Gasteiger partial charge in [-0.1, -0.05) is 181 Å². The average Bonchev–Trinajstić information content (AvgIpc) is 3.16. The number of hydrogen-bond donors (Lipinski definition) is 6. The minimum Gasteiger partial charge on any atom is -0.394 e. The average molecular weight is 760 g/mol. The molecule has 6 N–H and O–H groups in total. The Morgan fingerprint density at radius 2 is 1.00 bits per heavy atom. The van der Waals surface area contributed by atoms with Crippen LogP contribution in [0.4, 0.5) is 0 Å². The standard InChI is InChI=1S/C43H85NO9/c1-4-6-8-10-12-14-16-18-19-20-22-24-26-28-30-32-38(47)44(3)35(34-52-43-42(51)41(50)40(49)37(33-45)53-43)39(48)36(46)31-29-27-25-23-21-17-15-13-11-9-7-5-2/h35-37,39-43,45-46,48-51H,4-34H2,1-3H3/t35-,36+,37+,39-,40-,41-,42+,43-/m0/s1. The van der Waals surface area contributed by atoms with Gasteiger partial charge in [-0.05, 0) is 12.8 Å². The van der Waals surface area contributed by atoms with Crippen LogP contribution in [0.3, 0.4) is 0 Å². The second-order valence-electron chi connectivity index (χ2n) is 16.0. The molecule has 10 heteroatoms. The third kappa shape index (κ3) is 23.1. The number of unbranched alkanes of at least 4 members (excludes halogenated alkanes) is 25. The minimum atomic E-state index is -1.60. The Kier molecular flexibility index (Phi) is 31.5. The Morgan fingerprint density at radius 3 is 1.42 bits per heavy atom. The van der Waals surface area contributed by atoms with E-state index >= 15 is 0 Å². The van der Waals surface area contributed by atoms with Gasteiger partial charge in [-0.3, -0.25) is 4.79 Å². The zero-order chi connectivity index (χ0) is 39.1. The van der Waals surface area contributed by atoms with Gasteiger partial charge in [0.1, 0.15) is 30.5 Å². The number of likely N-dealkylation sites (N-methyl/N-ethyl adjacent to an activating group) is 1. The first kappa shape index (κ1) is 50.2. The number of hydrogen-bond acceptors (Lipinski definition) is 9. The third-order valence-corrected chi connectivity index (χ3v) is 11.3. The fourth-order valence-electron chi connectivity index (χ4n) is 7.47. The SMILES string of the molecule is CCCCCCCCCCCCCCCCCC(=O)N(C)[C@@H](CO[C@H]1O[C@H](CO)[C@H](O)[C@H](O)[C@H]1O)[C@H](O)[C@H](O)CCCCCCCCCCCCCC. The van der Waals surface area contributed by atoms with E-state index in [0.717, 1.165) is 38.5 Å². The predicted molar refractivity (Wildman–Crippen MR) is 214 cm³/mol. The molecular formula is C43H85NO9. The summed E-state index contributed by atoms with van der Waals surface area (Å²) in [4.78, 5) is 14.7. The van der Waals surface area contributed by atoms with E-state index < -0.39 is 55.6 Å². The maximum atomic E-state index is 13.3. The molecule has 1 aliphatic rings. The van der Waals surface area contributed by atoms with Gasteiger partial charge in [-0.2, -0.15) is 0 Å². The lowest BCUT2D eigenvalue weighted by Gasteiger charge is -2.41. The van der Waals surface area contributed by atoms with Gasteiger partial charge in [0.25, 0.3) is 0 Å². The molecule has 1 rings (SSSR count). The van der Waals surface area contributed by atoms with Crippen LogP contribution in [0.15, 0.2) is 0 Å². The van der Waals surface area contributed by atoms with Crippen LogP contribution in [0, 0.1) is 0 Å². The van der Waals surface area contributed by atoms with Crippen LogP contribution in [0.1, 0.15) is 200 Å². The zero-order valence-corrected chi connectivity index (χ0v) is 34.4. The highest BCUT2D eigenvalue weighted by Crippen LogP contribution is 2.24. The van der Waals surface area contributed by atoms with Crippen LogP contribution in [-0.2, 0) is 14.3 Å². The molecule has 0 aromatic heterocycles. The Hall–Kier alpha value is -0.850. The lowest BCUT2D eigenvalue weighted by molar-refractivity contribution is -0.304. The smallest absolute Gasteiger partial charge is 0.222 e. The van der Waals surface area contributed by atoms with Crippen LogP contribution < -0.4 is 0 Å². The Balaban J connectivity index is 2.50. The normalized spacial score (nSPS) is 22.2. The third-order valence-electron chi connectivity index (χ3n) is 11.3. The number of aliphatic hydroxyl groups is 6. The molecule has 0 aromatic rings. The van der Waals surface area contributed by atoms with Crippen molar-refractivity contribution >= 4 is 5.91 Å². The second kappa shape index (κ2) is 33.3. The molecule has 0 saturated carbocycles. The number of carbonyl (C=O) groups is 1. The molecule has 0 radical (unpaired) electrons. The fourth-order valence-corrected chi connectivity index (χ4v) is 7.47. The maximum Gasteiger partial charge on any atom is 0.222 e. The second-order valence-corrected chi connectivity index (χ2v) is 16.0. The topological polar surface area (TPSA) is 160 Å². The van der Waals surface area contributed by atoms with E-state index in [0.29, 0.717) is 12.8 Å². The summed E-state index contributed by atoms with van der Waals surface area (Å²) in [5.74, 6) is -0.168. The van der Waals surface area contributed by atoms with Gasteiger partial charge in [-0.15, -0.1) is 0 Å². The van der Waals surface area contributed by atoms with Crippen molar-refractivity contribution in [1.82, 2.24) is 4.90 Å². The molecule has 1 amide bonds. The molecular weight excluding hydrogens is 674 g/mol. The van der Waals surface area contributed by atoms with Crippen molar-refractivity contribution in [2.75, 3.05) is 20.3 Å². The van der Waals surface area contributed by atoms with Crippen molar-refractivity contribution < 1.29 is 44.9 Å². The van der Waals surface area contributed by atoms with Gasteiger partial charge in [0.15, 0.2) is 6.29 Å². The van der Waals surface area contributed by atoms with E-state index in [1.165, 1.54) is 140 Å². The summed E-state index contributed by atoms with van der Waals surface area (Å²) >= 11 is 0. The number of aliphatic hydroxyl groups excluding tert-OH is 6. The molecule has 0 unspecified atom stereocenters. The molecule has 316 valence electrons. The first-order valence-corrected chi connectivity index (χ1v) is 22.2. The summed E-state index contributed by atoms with van der Waals surface area (Å²) < 4.78 is 11.3. The summed E-state index contributed by atoms with van der Waals surface area (Å²) in [6, 6.07) is -0.932. The quantitative estimate of drug-likeness (QED) is 0.0352.